The lowest BCUT2D eigenvalue weighted by Gasteiger charge is -2.60. The zero-order valence-electron chi connectivity index (χ0n) is 12.9. The Hall–Kier alpha value is -0.550. The molecule has 0 radical (unpaired) electrons. The SMILES string of the molecule is CN(CC1(C#N)CCCC1)C12CC3CC(CC(C3)C1)C2. The van der Waals surface area contributed by atoms with Gasteiger partial charge in [0.05, 0.1) is 11.5 Å². The van der Waals surface area contributed by atoms with Gasteiger partial charge in [-0.2, -0.15) is 5.26 Å². The Balaban J connectivity index is 1.53. The van der Waals surface area contributed by atoms with Crippen LogP contribution in [0.5, 0.6) is 0 Å². The van der Waals surface area contributed by atoms with E-state index in [1.54, 1.807) is 0 Å². The minimum absolute atomic E-state index is 0.0158. The van der Waals surface area contributed by atoms with E-state index in [9.17, 15) is 5.26 Å². The fourth-order valence-corrected chi connectivity index (χ4v) is 6.51. The minimum atomic E-state index is -0.0158. The van der Waals surface area contributed by atoms with Gasteiger partial charge in [-0.15, -0.1) is 0 Å². The maximum atomic E-state index is 9.67. The summed E-state index contributed by atoms with van der Waals surface area (Å²) >= 11 is 0. The molecule has 0 heterocycles. The van der Waals surface area contributed by atoms with Gasteiger partial charge in [0.25, 0.3) is 0 Å². The highest BCUT2D eigenvalue weighted by Crippen LogP contribution is 2.58. The Kier molecular flexibility index (Phi) is 2.94. The highest BCUT2D eigenvalue weighted by Gasteiger charge is 2.53. The first kappa shape index (κ1) is 13.1. The Labute approximate surface area is 123 Å². The molecular formula is C18H28N2. The third-order valence-corrected chi connectivity index (χ3v) is 7.15. The predicted molar refractivity (Wildman–Crippen MR) is 80.0 cm³/mol. The number of nitriles is 1. The van der Waals surface area contributed by atoms with Gasteiger partial charge in [0.1, 0.15) is 0 Å². The second-order valence-corrected chi connectivity index (χ2v) is 8.60. The van der Waals surface area contributed by atoms with Crippen molar-refractivity contribution in [1.82, 2.24) is 4.90 Å². The third kappa shape index (κ3) is 1.93. The van der Waals surface area contributed by atoms with Crippen molar-refractivity contribution in [3.05, 3.63) is 0 Å². The van der Waals surface area contributed by atoms with Crippen molar-refractivity contribution in [2.24, 2.45) is 23.2 Å². The highest BCUT2D eigenvalue weighted by atomic mass is 15.2. The van der Waals surface area contributed by atoms with Crippen LogP contribution < -0.4 is 0 Å². The van der Waals surface area contributed by atoms with Crippen molar-refractivity contribution in [3.63, 3.8) is 0 Å². The number of hydrogen-bond donors (Lipinski definition) is 0. The minimum Gasteiger partial charge on any atom is -0.299 e. The molecule has 0 aromatic heterocycles. The molecule has 0 aromatic carbocycles. The van der Waals surface area contributed by atoms with E-state index in [0.29, 0.717) is 5.54 Å². The van der Waals surface area contributed by atoms with Gasteiger partial charge in [-0.3, -0.25) is 4.90 Å². The van der Waals surface area contributed by atoms with Crippen LogP contribution in [-0.4, -0.2) is 24.0 Å². The van der Waals surface area contributed by atoms with E-state index in [0.717, 1.165) is 37.1 Å². The van der Waals surface area contributed by atoms with Crippen molar-refractivity contribution in [2.45, 2.75) is 69.7 Å². The van der Waals surface area contributed by atoms with Gasteiger partial charge in [0, 0.05) is 12.1 Å². The van der Waals surface area contributed by atoms with Crippen molar-refractivity contribution in [2.75, 3.05) is 13.6 Å². The Morgan fingerprint density at radius 2 is 1.50 bits per heavy atom. The maximum absolute atomic E-state index is 9.67. The lowest BCUT2D eigenvalue weighted by molar-refractivity contribution is -0.0865. The summed E-state index contributed by atoms with van der Waals surface area (Å²) in [6.07, 6.45) is 13.6. The van der Waals surface area contributed by atoms with Crippen LogP contribution in [0.3, 0.4) is 0 Å². The van der Waals surface area contributed by atoms with E-state index in [4.69, 9.17) is 0 Å². The molecule has 0 N–H and O–H groups in total. The van der Waals surface area contributed by atoms with Crippen molar-refractivity contribution in [1.29, 1.82) is 5.26 Å². The molecule has 0 unspecified atom stereocenters. The second kappa shape index (κ2) is 4.47. The molecule has 5 fully saturated rings. The highest BCUT2D eigenvalue weighted by molar-refractivity contribution is 5.10. The molecule has 0 aromatic rings. The molecule has 0 atom stereocenters. The normalized spacial score (nSPS) is 45.0. The number of rotatable bonds is 3. The zero-order valence-corrected chi connectivity index (χ0v) is 12.9. The second-order valence-electron chi connectivity index (χ2n) is 8.60. The molecule has 5 saturated carbocycles. The Morgan fingerprint density at radius 1 is 1.00 bits per heavy atom. The van der Waals surface area contributed by atoms with Crippen molar-refractivity contribution < 1.29 is 0 Å². The van der Waals surface area contributed by atoms with E-state index in [1.807, 2.05) is 0 Å². The molecule has 5 rings (SSSR count). The van der Waals surface area contributed by atoms with Crippen LogP contribution in [0.15, 0.2) is 0 Å². The summed E-state index contributed by atoms with van der Waals surface area (Å²) in [5.74, 6) is 3.01. The Bertz CT molecular complexity index is 392. The van der Waals surface area contributed by atoms with E-state index >= 15 is 0 Å². The molecule has 2 nitrogen and oxygen atoms in total. The van der Waals surface area contributed by atoms with E-state index in [2.05, 4.69) is 18.0 Å². The van der Waals surface area contributed by atoms with Crippen LogP contribution in [0.25, 0.3) is 0 Å². The van der Waals surface area contributed by atoms with Gasteiger partial charge in [0.2, 0.25) is 0 Å². The molecule has 0 saturated heterocycles. The molecule has 4 bridgehead atoms. The molecule has 110 valence electrons. The number of hydrogen-bond acceptors (Lipinski definition) is 2. The first-order valence-corrected chi connectivity index (χ1v) is 8.76. The van der Waals surface area contributed by atoms with Crippen molar-refractivity contribution >= 4 is 0 Å². The largest absolute Gasteiger partial charge is 0.299 e. The fraction of sp³-hybridized carbons (Fsp3) is 0.944. The van der Waals surface area contributed by atoms with Crippen LogP contribution in [0.4, 0.5) is 0 Å². The van der Waals surface area contributed by atoms with Crippen LogP contribution in [-0.2, 0) is 0 Å². The summed E-state index contributed by atoms with van der Waals surface area (Å²) < 4.78 is 0. The van der Waals surface area contributed by atoms with E-state index in [1.165, 1.54) is 51.4 Å². The summed E-state index contributed by atoms with van der Waals surface area (Å²) in [4.78, 5) is 2.66. The zero-order chi connectivity index (χ0) is 13.8. The van der Waals surface area contributed by atoms with E-state index in [-0.39, 0.29) is 5.41 Å². The maximum Gasteiger partial charge on any atom is 0.0703 e. The number of nitrogens with zero attached hydrogens (tertiary/aromatic N) is 2. The summed E-state index contributed by atoms with van der Waals surface area (Å²) in [7, 11) is 2.34. The monoisotopic (exact) mass is 272 g/mol. The molecular weight excluding hydrogens is 244 g/mol. The van der Waals surface area contributed by atoms with Crippen LogP contribution >= 0.6 is 0 Å². The molecule has 20 heavy (non-hydrogen) atoms. The summed E-state index contributed by atoms with van der Waals surface area (Å²) in [5, 5.41) is 9.67. The van der Waals surface area contributed by atoms with Gasteiger partial charge >= 0.3 is 0 Å². The smallest absolute Gasteiger partial charge is 0.0703 e. The predicted octanol–water partition coefficient (Wildman–Crippen LogP) is 3.97. The molecule has 0 aliphatic heterocycles. The van der Waals surface area contributed by atoms with Crippen LogP contribution in [0.2, 0.25) is 0 Å². The molecule has 2 heteroatoms. The molecule has 0 spiro atoms. The van der Waals surface area contributed by atoms with Gasteiger partial charge in [-0.1, -0.05) is 12.8 Å². The standard InChI is InChI=1S/C18H28N2/c1-20(13-17(12-19)4-2-3-5-17)18-9-14-6-15(10-18)8-16(7-14)11-18/h14-16H,2-11,13H2,1H3. The lowest BCUT2D eigenvalue weighted by Crippen LogP contribution is -2.60. The van der Waals surface area contributed by atoms with Crippen molar-refractivity contribution in [3.8, 4) is 6.07 Å². The quantitative estimate of drug-likeness (QED) is 0.777. The average molecular weight is 272 g/mol. The lowest BCUT2D eigenvalue weighted by atomic mass is 9.52. The average Bonchev–Trinajstić information content (AvgIpc) is 2.86. The first-order valence-electron chi connectivity index (χ1n) is 8.76. The summed E-state index contributed by atoms with van der Waals surface area (Å²) in [6, 6.07) is 2.70. The topological polar surface area (TPSA) is 27.0 Å². The van der Waals surface area contributed by atoms with Crippen LogP contribution in [0.1, 0.15) is 64.2 Å². The summed E-state index contributed by atoms with van der Waals surface area (Å²) in [6.45, 7) is 1.04. The first-order chi connectivity index (χ1) is 9.63. The fourth-order valence-electron chi connectivity index (χ4n) is 6.51. The van der Waals surface area contributed by atoms with Gasteiger partial charge in [-0.25, -0.2) is 0 Å². The molecule has 5 aliphatic rings. The van der Waals surface area contributed by atoms with Gasteiger partial charge < -0.3 is 0 Å². The summed E-state index contributed by atoms with van der Waals surface area (Å²) in [5.41, 5.74) is 0.458. The Morgan fingerprint density at radius 3 is 1.95 bits per heavy atom. The van der Waals surface area contributed by atoms with Crippen LogP contribution in [0, 0.1) is 34.5 Å². The molecule has 5 aliphatic carbocycles. The molecule has 0 amide bonds. The van der Waals surface area contributed by atoms with Gasteiger partial charge in [0.15, 0.2) is 0 Å². The van der Waals surface area contributed by atoms with E-state index < -0.39 is 0 Å². The third-order valence-electron chi connectivity index (χ3n) is 7.15. The van der Waals surface area contributed by atoms with Gasteiger partial charge in [-0.05, 0) is 76.2 Å².